The number of hydrogen-bond acceptors (Lipinski definition) is 3. The molecule has 0 spiro atoms. The molecule has 0 bridgehead atoms. The molecular weight excluding hydrogens is 390 g/mol. The summed E-state index contributed by atoms with van der Waals surface area (Å²) < 4.78 is 1.41. The average Bonchev–Trinajstić information content (AvgIpc) is 2.74. The molecule has 6 heteroatoms. The maximum atomic E-state index is 13.0. The third-order valence-corrected chi connectivity index (χ3v) is 4.92. The molecule has 1 unspecified atom stereocenters. The number of pyridine rings is 1. The van der Waals surface area contributed by atoms with Crippen LogP contribution in [-0.4, -0.2) is 16.4 Å². The Morgan fingerprint density at radius 3 is 2.16 bits per heavy atom. The summed E-state index contributed by atoms with van der Waals surface area (Å²) in [5.74, 6) is -0.520. The molecule has 1 aromatic heterocycles. The predicted molar refractivity (Wildman–Crippen MR) is 122 cm³/mol. The van der Waals surface area contributed by atoms with Crippen molar-refractivity contribution in [2.24, 2.45) is 5.41 Å². The molecule has 31 heavy (non-hydrogen) atoms. The Morgan fingerprint density at radius 1 is 0.903 bits per heavy atom. The molecule has 2 N–H and O–H groups in total. The number of rotatable bonds is 5. The van der Waals surface area contributed by atoms with E-state index in [1.54, 1.807) is 36.5 Å². The molecule has 0 aliphatic rings. The van der Waals surface area contributed by atoms with Crippen molar-refractivity contribution in [3.8, 4) is 5.69 Å². The minimum absolute atomic E-state index is 0.0652. The van der Waals surface area contributed by atoms with E-state index in [2.05, 4.69) is 10.6 Å². The molecule has 0 fully saturated rings. The fourth-order valence-electron chi connectivity index (χ4n) is 2.99. The fraction of sp³-hybridized carbons (Fsp3) is 0.240. The van der Waals surface area contributed by atoms with Gasteiger partial charge < -0.3 is 10.6 Å². The van der Waals surface area contributed by atoms with Gasteiger partial charge in [0.1, 0.15) is 5.56 Å². The molecule has 2 aromatic carbocycles. The Bertz CT molecular complexity index is 1130. The summed E-state index contributed by atoms with van der Waals surface area (Å²) in [6, 6.07) is 19.4. The van der Waals surface area contributed by atoms with E-state index in [9.17, 15) is 14.4 Å². The second kappa shape index (κ2) is 9.00. The zero-order chi connectivity index (χ0) is 22.6. The number of benzene rings is 2. The Labute approximate surface area is 181 Å². The highest BCUT2D eigenvalue weighted by atomic mass is 16.2. The van der Waals surface area contributed by atoms with Gasteiger partial charge in [-0.3, -0.25) is 19.0 Å². The number of carbonyl (C=O) groups excluding carboxylic acids is 2. The normalized spacial score (nSPS) is 12.1. The number of aromatic nitrogens is 1. The third kappa shape index (κ3) is 5.28. The van der Waals surface area contributed by atoms with Crippen LogP contribution in [0.2, 0.25) is 0 Å². The van der Waals surface area contributed by atoms with Crippen molar-refractivity contribution in [2.45, 2.75) is 33.7 Å². The standard InChI is InChI=1S/C25H27N3O3/c1-17(18-9-6-5-7-10-18)26-22(29)21-11-8-16-28(23(21)30)20-14-12-19(13-15-20)27-24(31)25(2,3)4/h5-17H,1-4H3,(H,26,29)(H,27,31). The van der Waals surface area contributed by atoms with Crippen LogP contribution < -0.4 is 16.2 Å². The van der Waals surface area contributed by atoms with Crippen LogP contribution in [0.25, 0.3) is 5.69 Å². The van der Waals surface area contributed by atoms with E-state index in [1.807, 2.05) is 58.0 Å². The summed E-state index contributed by atoms with van der Waals surface area (Å²) in [5.41, 5.74) is 1.35. The molecule has 0 radical (unpaired) electrons. The van der Waals surface area contributed by atoms with Crippen molar-refractivity contribution in [3.63, 3.8) is 0 Å². The number of nitrogens with zero attached hydrogens (tertiary/aromatic N) is 1. The molecule has 3 aromatic rings. The van der Waals surface area contributed by atoms with Gasteiger partial charge >= 0.3 is 0 Å². The van der Waals surface area contributed by atoms with E-state index in [0.29, 0.717) is 11.4 Å². The Balaban J connectivity index is 1.80. The maximum Gasteiger partial charge on any atom is 0.267 e. The third-order valence-electron chi connectivity index (χ3n) is 4.92. The largest absolute Gasteiger partial charge is 0.345 e. The molecular formula is C25H27N3O3. The quantitative estimate of drug-likeness (QED) is 0.649. The first-order valence-corrected chi connectivity index (χ1v) is 10.2. The van der Waals surface area contributed by atoms with Crippen LogP contribution in [-0.2, 0) is 4.79 Å². The summed E-state index contributed by atoms with van der Waals surface area (Å²) in [6.07, 6.45) is 1.61. The number of anilines is 1. The molecule has 160 valence electrons. The SMILES string of the molecule is CC(NC(=O)c1cccn(-c2ccc(NC(=O)C(C)(C)C)cc2)c1=O)c1ccccc1. The van der Waals surface area contributed by atoms with Gasteiger partial charge in [0, 0.05) is 23.0 Å². The Morgan fingerprint density at radius 2 is 1.55 bits per heavy atom. The fourth-order valence-corrected chi connectivity index (χ4v) is 2.99. The topological polar surface area (TPSA) is 80.2 Å². The first-order chi connectivity index (χ1) is 14.7. The molecule has 2 amide bonds. The van der Waals surface area contributed by atoms with Crippen molar-refractivity contribution in [2.75, 3.05) is 5.32 Å². The van der Waals surface area contributed by atoms with Crippen molar-refractivity contribution in [1.29, 1.82) is 0 Å². The maximum absolute atomic E-state index is 13.0. The van der Waals surface area contributed by atoms with Gasteiger partial charge in [-0.2, -0.15) is 0 Å². The van der Waals surface area contributed by atoms with E-state index in [-0.39, 0.29) is 17.5 Å². The van der Waals surface area contributed by atoms with Gasteiger partial charge in [0.05, 0.1) is 6.04 Å². The van der Waals surface area contributed by atoms with Crippen LogP contribution in [0.4, 0.5) is 5.69 Å². The van der Waals surface area contributed by atoms with E-state index in [0.717, 1.165) is 5.56 Å². The van der Waals surface area contributed by atoms with Gasteiger partial charge in [-0.1, -0.05) is 51.1 Å². The van der Waals surface area contributed by atoms with Crippen molar-refractivity contribution in [3.05, 3.63) is 94.4 Å². The molecule has 0 aliphatic heterocycles. The highest BCUT2D eigenvalue weighted by molar-refractivity contribution is 5.95. The highest BCUT2D eigenvalue weighted by Gasteiger charge is 2.21. The Kier molecular flexibility index (Phi) is 6.39. The van der Waals surface area contributed by atoms with Crippen molar-refractivity contribution >= 4 is 17.5 Å². The summed E-state index contributed by atoms with van der Waals surface area (Å²) in [7, 11) is 0. The molecule has 0 saturated carbocycles. The predicted octanol–water partition coefficient (Wildman–Crippen LogP) is 4.31. The second-order valence-electron chi connectivity index (χ2n) is 8.45. The van der Waals surface area contributed by atoms with Crippen LogP contribution in [0, 0.1) is 5.41 Å². The van der Waals surface area contributed by atoms with Crippen LogP contribution in [0.3, 0.4) is 0 Å². The smallest absolute Gasteiger partial charge is 0.267 e. The summed E-state index contributed by atoms with van der Waals surface area (Å²) >= 11 is 0. The summed E-state index contributed by atoms with van der Waals surface area (Å²) in [5, 5.41) is 5.73. The highest BCUT2D eigenvalue weighted by Crippen LogP contribution is 2.18. The van der Waals surface area contributed by atoms with Crippen molar-refractivity contribution in [1.82, 2.24) is 9.88 Å². The van der Waals surface area contributed by atoms with Gasteiger partial charge in [0.2, 0.25) is 5.91 Å². The van der Waals surface area contributed by atoms with Crippen LogP contribution in [0.1, 0.15) is 49.7 Å². The lowest BCUT2D eigenvalue weighted by atomic mass is 9.95. The zero-order valence-electron chi connectivity index (χ0n) is 18.2. The summed E-state index contributed by atoms with van der Waals surface area (Å²) in [4.78, 5) is 37.8. The average molecular weight is 418 g/mol. The van der Waals surface area contributed by atoms with E-state index >= 15 is 0 Å². The summed E-state index contributed by atoms with van der Waals surface area (Å²) in [6.45, 7) is 7.39. The number of nitrogens with one attached hydrogen (secondary N) is 2. The van der Waals surface area contributed by atoms with Crippen LogP contribution >= 0.6 is 0 Å². The van der Waals surface area contributed by atoms with Gasteiger partial charge in [-0.15, -0.1) is 0 Å². The lowest BCUT2D eigenvalue weighted by Crippen LogP contribution is -2.33. The molecule has 1 atom stereocenters. The van der Waals surface area contributed by atoms with E-state index in [1.165, 1.54) is 10.6 Å². The lowest BCUT2D eigenvalue weighted by Gasteiger charge is -2.18. The first-order valence-electron chi connectivity index (χ1n) is 10.2. The first kappa shape index (κ1) is 22.0. The van der Waals surface area contributed by atoms with Crippen LogP contribution in [0.15, 0.2) is 77.7 Å². The van der Waals surface area contributed by atoms with Gasteiger partial charge in [-0.05, 0) is 48.9 Å². The van der Waals surface area contributed by atoms with E-state index < -0.39 is 16.9 Å². The molecule has 6 nitrogen and oxygen atoms in total. The minimum Gasteiger partial charge on any atom is -0.345 e. The Hall–Kier alpha value is -3.67. The van der Waals surface area contributed by atoms with Crippen molar-refractivity contribution < 1.29 is 9.59 Å². The van der Waals surface area contributed by atoms with Gasteiger partial charge in [0.15, 0.2) is 0 Å². The number of amides is 2. The minimum atomic E-state index is -0.506. The molecule has 0 aliphatic carbocycles. The number of carbonyl (C=O) groups is 2. The van der Waals surface area contributed by atoms with E-state index in [4.69, 9.17) is 0 Å². The molecule has 0 saturated heterocycles. The van der Waals surface area contributed by atoms with Gasteiger partial charge in [-0.25, -0.2) is 0 Å². The molecule has 1 heterocycles. The number of hydrogen-bond donors (Lipinski definition) is 2. The van der Waals surface area contributed by atoms with Crippen LogP contribution in [0.5, 0.6) is 0 Å². The monoisotopic (exact) mass is 417 g/mol. The zero-order valence-corrected chi connectivity index (χ0v) is 18.2. The molecule has 3 rings (SSSR count). The lowest BCUT2D eigenvalue weighted by molar-refractivity contribution is -0.123. The van der Waals surface area contributed by atoms with Gasteiger partial charge in [0.25, 0.3) is 11.5 Å². The second-order valence-corrected chi connectivity index (χ2v) is 8.45.